The van der Waals surface area contributed by atoms with E-state index in [2.05, 4.69) is 15.6 Å². The van der Waals surface area contributed by atoms with Gasteiger partial charge in [0.15, 0.2) is 0 Å². The van der Waals surface area contributed by atoms with Crippen LogP contribution in [0, 0.1) is 13.8 Å². The molecule has 2 aromatic heterocycles. The fourth-order valence-corrected chi connectivity index (χ4v) is 4.13. The number of amides is 2. The Morgan fingerprint density at radius 3 is 2.70 bits per heavy atom. The molecule has 7 nitrogen and oxygen atoms in total. The molecule has 9 heteroatoms. The molecular formula is C21H23ClN4O3S. The molecule has 0 bridgehead atoms. The molecule has 0 saturated heterocycles. The zero-order chi connectivity index (χ0) is 22.0. The van der Waals surface area contributed by atoms with Crippen LogP contribution in [0.3, 0.4) is 0 Å². The molecule has 30 heavy (non-hydrogen) atoms. The molecule has 0 saturated carbocycles. The maximum atomic E-state index is 12.9. The first-order valence-electron chi connectivity index (χ1n) is 9.56. The van der Waals surface area contributed by atoms with Gasteiger partial charge in [-0.15, -0.1) is 11.3 Å². The molecule has 0 radical (unpaired) electrons. The third-order valence-electron chi connectivity index (χ3n) is 4.88. The summed E-state index contributed by atoms with van der Waals surface area (Å²) in [7, 11) is 0. The van der Waals surface area contributed by atoms with Crippen LogP contribution in [0.5, 0.6) is 0 Å². The predicted octanol–water partition coefficient (Wildman–Crippen LogP) is 3.90. The summed E-state index contributed by atoms with van der Waals surface area (Å²) in [6, 6.07) is 5.24. The molecule has 0 aliphatic heterocycles. The number of nitrogens with zero attached hydrogens (tertiary/aromatic N) is 2. The second-order valence-electron chi connectivity index (χ2n) is 7.21. The van der Waals surface area contributed by atoms with E-state index >= 15 is 0 Å². The number of nitrogens with one attached hydrogen (secondary N) is 2. The predicted molar refractivity (Wildman–Crippen MR) is 121 cm³/mol. The summed E-state index contributed by atoms with van der Waals surface area (Å²) < 4.78 is 1.24. The number of aryl methyl sites for hydroxylation is 2. The van der Waals surface area contributed by atoms with Crippen LogP contribution >= 0.6 is 22.9 Å². The van der Waals surface area contributed by atoms with Crippen LogP contribution in [0.25, 0.3) is 10.2 Å². The smallest absolute Gasteiger partial charge is 0.262 e. The first kappa shape index (κ1) is 22.0. The minimum Gasteiger partial charge on any atom is -0.349 e. The Kier molecular flexibility index (Phi) is 6.58. The van der Waals surface area contributed by atoms with Crippen molar-refractivity contribution in [2.45, 2.75) is 46.7 Å². The molecule has 0 fully saturated rings. The van der Waals surface area contributed by atoms with Gasteiger partial charge in [-0.2, -0.15) is 0 Å². The lowest BCUT2D eigenvalue weighted by molar-refractivity contribution is -0.116. The van der Waals surface area contributed by atoms with Crippen LogP contribution in [0.15, 0.2) is 29.3 Å². The van der Waals surface area contributed by atoms with E-state index in [0.29, 0.717) is 31.4 Å². The molecule has 1 aromatic carbocycles. The molecule has 1 unspecified atom stereocenters. The average Bonchev–Trinajstić information content (AvgIpc) is 3.04. The second kappa shape index (κ2) is 8.97. The van der Waals surface area contributed by atoms with Crippen LogP contribution in [0.2, 0.25) is 5.02 Å². The highest BCUT2D eigenvalue weighted by Gasteiger charge is 2.20. The van der Waals surface area contributed by atoms with Crippen LogP contribution < -0.4 is 16.2 Å². The SMILES string of the molecule is CCC(C)NC(=O)c1sc2ncn(CC(=O)Nc3ccc(C)c(Cl)c3)c(=O)c2c1C. The van der Waals surface area contributed by atoms with Gasteiger partial charge in [0.2, 0.25) is 5.91 Å². The molecule has 0 aliphatic carbocycles. The van der Waals surface area contributed by atoms with Gasteiger partial charge in [-0.25, -0.2) is 4.98 Å². The lowest BCUT2D eigenvalue weighted by Gasteiger charge is -2.10. The Labute approximate surface area is 183 Å². The van der Waals surface area contributed by atoms with Crippen molar-refractivity contribution in [1.82, 2.24) is 14.9 Å². The Hall–Kier alpha value is -2.71. The minimum absolute atomic E-state index is 0.0331. The van der Waals surface area contributed by atoms with Crippen molar-refractivity contribution in [1.29, 1.82) is 0 Å². The Morgan fingerprint density at radius 1 is 1.30 bits per heavy atom. The number of carbonyl (C=O) groups is 2. The van der Waals surface area contributed by atoms with Gasteiger partial charge in [-0.05, 0) is 50.5 Å². The number of thiophene rings is 1. The van der Waals surface area contributed by atoms with E-state index in [1.165, 1.54) is 22.2 Å². The number of aromatic nitrogens is 2. The monoisotopic (exact) mass is 446 g/mol. The highest BCUT2D eigenvalue weighted by molar-refractivity contribution is 7.20. The normalized spacial score (nSPS) is 12.0. The van der Waals surface area contributed by atoms with Crippen LogP contribution in [-0.2, 0) is 11.3 Å². The zero-order valence-corrected chi connectivity index (χ0v) is 18.8. The second-order valence-corrected chi connectivity index (χ2v) is 8.62. The first-order chi connectivity index (χ1) is 14.2. The minimum atomic E-state index is -0.374. The van der Waals surface area contributed by atoms with E-state index in [0.717, 1.165) is 12.0 Å². The molecular weight excluding hydrogens is 424 g/mol. The molecule has 2 N–H and O–H groups in total. The summed E-state index contributed by atoms with van der Waals surface area (Å²) in [6.45, 7) is 7.31. The fraction of sp³-hybridized carbons (Fsp3) is 0.333. The highest BCUT2D eigenvalue weighted by atomic mass is 35.5. The lowest BCUT2D eigenvalue weighted by Crippen LogP contribution is -2.31. The molecule has 0 spiro atoms. The van der Waals surface area contributed by atoms with Gasteiger partial charge >= 0.3 is 0 Å². The summed E-state index contributed by atoms with van der Waals surface area (Å²) in [5.41, 5.74) is 1.68. The van der Waals surface area contributed by atoms with Gasteiger partial charge in [0.1, 0.15) is 11.4 Å². The average molecular weight is 447 g/mol. The molecule has 2 amide bonds. The maximum absolute atomic E-state index is 12.9. The Morgan fingerprint density at radius 2 is 2.03 bits per heavy atom. The van der Waals surface area contributed by atoms with Gasteiger partial charge in [0.05, 0.1) is 16.6 Å². The molecule has 3 aromatic rings. The van der Waals surface area contributed by atoms with Crippen molar-refractivity contribution < 1.29 is 9.59 Å². The van der Waals surface area contributed by atoms with E-state index in [4.69, 9.17) is 11.6 Å². The van der Waals surface area contributed by atoms with Crippen LogP contribution in [0.4, 0.5) is 5.69 Å². The quantitative estimate of drug-likeness (QED) is 0.600. The van der Waals surface area contributed by atoms with Crippen molar-refractivity contribution in [3.05, 3.63) is 55.9 Å². The Balaban J connectivity index is 1.85. The fourth-order valence-electron chi connectivity index (χ4n) is 2.91. The number of hydrogen-bond acceptors (Lipinski definition) is 5. The Bertz CT molecular complexity index is 1180. The topological polar surface area (TPSA) is 93.1 Å². The summed E-state index contributed by atoms with van der Waals surface area (Å²) in [6.07, 6.45) is 2.14. The molecule has 3 rings (SSSR count). The summed E-state index contributed by atoms with van der Waals surface area (Å²) >= 11 is 7.27. The molecule has 2 heterocycles. The van der Waals surface area contributed by atoms with Gasteiger partial charge < -0.3 is 10.6 Å². The number of benzene rings is 1. The summed E-state index contributed by atoms with van der Waals surface area (Å²) in [4.78, 5) is 43.1. The molecule has 158 valence electrons. The van der Waals surface area contributed by atoms with Crippen molar-refractivity contribution in [3.63, 3.8) is 0 Å². The van der Waals surface area contributed by atoms with Crippen LogP contribution in [-0.4, -0.2) is 27.4 Å². The van der Waals surface area contributed by atoms with Crippen molar-refractivity contribution in [2.24, 2.45) is 0 Å². The van der Waals surface area contributed by atoms with Gasteiger partial charge in [-0.1, -0.05) is 24.6 Å². The van der Waals surface area contributed by atoms with Crippen molar-refractivity contribution >= 4 is 50.7 Å². The van der Waals surface area contributed by atoms with E-state index < -0.39 is 0 Å². The number of fused-ring (bicyclic) bond motifs is 1. The third-order valence-corrected chi connectivity index (χ3v) is 6.49. The number of hydrogen-bond donors (Lipinski definition) is 2. The first-order valence-corrected chi connectivity index (χ1v) is 10.8. The van der Waals surface area contributed by atoms with Gasteiger partial charge in [0.25, 0.3) is 11.5 Å². The maximum Gasteiger partial charge on any atom is 0.262 e. The van der Waals surface area contributed by atoms with E-state index in [1.54, 1.807) is 25.1 Å². The third kappa shape index (κ3) is 4.55. The number of anilines is 1. The van der Waals surface area contributed by atoms with Crippen molar-refractivity contribution in [2.75, 3.05) is 5.32 Å². The van der Waals surface area contributed by atoms with Crippen LogP contribution in [0.1, 0.15) is 41.1 Å². The van der Waals surface area contributed by atoms with Gasteiger partial charge in [0, 0.05) is 16.8 Å². The van der Waals surface area contributed by atoms with E-state index in [9.17, 15) is 14.4 Å². The summed E-state index contributed by atoms with van der Waals surface area (Å²) in [5.74, 6) is -0.592. The lowest BCUT2D eigenvalue weighted by atomic mass is 10.2. The van der Waals surface area contributed by atoms with Gasteiger partial charge in [-0.3, -0.25) is 19.0 Å². The van der Waals surface area contributed by atoms with E-state index in [-0.39, 0.29) is 30.0 Å². The summed E-state index contributed by atoms with van der Waals surface area (Å²) in [5, 5.41) is 6.55. The largest absolute Gasteiger partial charge is 0.349 e. The number of halogens is 1. The number of carbonyl (C=O) groups excluding carboxylic acids is 2. The zero-order valence-electron chi connectivity index (χ0n) is 17.2. The number of rotatable bonds is 6. The standard InChI is InChI=1S/C21H23ClN4O3S/c1-5-12(3)24-19(28)18-13(4)17-20(30-18)23-10-26(21(17)29)9-16(27)25-14-7-6-11(2)15(22)8-14/h6-8,10,12H,5,9H2,1-4H3,(H,24,28)(H,25,27). The molecule has 0 aliphatic rings. The molecule has 1 atom stereocenters. The van der Waals surface area contributed by atoms with Crippen molar-refractivity contribution in [3.8, 4) is 0 Å². The van der Waals surface area contributed by atoms with E-state index in [1.807, 2.05) is 20.8 Å². The highest BCUT2D eigenvalue weighted by Crippen LogP contribution is 2.27.